The Bertz CT molecular complexity index is 420. The lowest BCUT2D eigenvalue weighted by Gasteiger charge is -2.32. The topological polar surface area (TPSA) is 79.5 Å². The standard InChI is InChI=1S/C13H19N3O2/c14-12-11(4-1-6-15-12)13(18)16-7-2-3-10(9-16)5-8-17/h1,4,6,10,17H,2-3,5,7-9H2,(H2,14,15). The number of nitrogen functional groups attached to an aromatic ring is 1. The van der Waals surface area contributed by atoms with E-state index in [0.29, 0.717) is 18.0 Å². The van der Waals surface area contributed by atoms with Gasteiger partial charge in [0.2, 0.25) is 0 Å². The fourth-order valence-corrected chi connectivity index (χ4v) is 2.44. The van der Waals surface area contributed by atoms with Crippen LogP contribution < -0.4 is 5.73 Å². The van der Waals surface area contributed by atoms with E-state index < -0.39 is 0 Å². The Hall–Kier alpha value is -1.62. The first-order chi connectivity index (χ1) is 8.72. The Balaban J connectivity index is 2.07. The predicted molar refractivity (Wildman–Crippen MR) is 69.0 cm³/mol. The fraction of sp³-hybridized carbons (Fsp3) is 0.538. The van der Waals surface area contributed by atoms with Crippen molar-refractivity contribution >= 4 is 11.7 Å². The molecule has 0 radical (unpaired) electrons. The van der Waals surface area contributed by atoms with Gasteiger partial charge in [-0.15, -0.1) is 0 Å². The highest BCUT2D eigenvalue weighted by atomic mass is 16.3. The van der Waals surface area contributed by atoms with Gasteiger partial charge in [-0.25, -0.2) is 4.98 Å². The van der Waals surface area contributed by atoms with Gasteiger partial charge in [-0.05, 0) is 37.3 Å². The SMILES string of the molecule is Nc1ncccc1C(=O)N1CCCC(CCO)C1. The Morgan fingerprint density at radius 2 is 2.44 bits per heavy atom. The molecule has 0 saturated carbocycles. The van der Waals surface area contributed by atoms with E-state index in [1.54, 1.807) is 18.3 Å². The first kappa shape index (κ1) is 12.8. The average molecular weight is 249 g/mol. The minimum absolute atomic E-state index is 0.0526. The molecule has 3 N–H and O–H groups in total. The maximum Gasteiger partial charge on any atom is 0.257 e. The zero-order chi connectivity index (χ0) is 13.0. The molecule has 1 aromatic rings. The Morgan fingerprint density at radius 3 is 3.17 bits per heavy atom. The highest BCUT2D eigenvalue weighted by Crippen LogP contribution is 2.21. The highest BCUT2D eigenvalue weighted by Gasteiger charge is 2.25. The molecule has 5 nitrogen and oxygen atoms in total. The number of likely N-dealkylation sites (tertiary alicyclic amines) is 1. The molecule has 1 fully saturated rings. The Kier molecular flexibility index (Phi) is 4.15. The molecule has 1 atom stereocenters. The summed E-state index contributed by atoms with van der Waals surface area (Å²) in [6, 6.07) is 3.43. The molecule has 2 rings (SSSR count). The number of aliphatic hydroxyl groups excluding tert-OH is 1. The van der Waals surface area contributed by atoms with Gasteiger partial charge >= 0.3 is 0 Å². The van der Waals surface area contributed by atoms with Gasteiger partial charge in [0.05, 0.1) is 5.56 Å². The van der Waals surface area contributed by atoms with Crippen LogP contribution in [-0.4, -0.2) is 40.6 Å². The van der Waals surface area contributed by atoms with E-state index in [-0.39, 0.29) is 18.3 Å². The first-order valence-corrected chi connectivity index (χ1v) is 6.33. The molecule has 1 aliphatic rings. The third-order valence-corrected chi connectivity index (χ3v) is 3.41. The number of carbonyl (C=O) groups is 1. The van der Waals surface area contributed by atoms with E-state index in [0.717, 1.165) is 25.8 Å². The summed E-state index contributed by atoms with van der Waals surface area (Å²) in [5.41, 5.74) is 6.20. The molecule has 0 aromatic carbocycles. The molecule has 1 aliphatic heterocycles. The van der Waals surface area contributed by atoms with Crippen molar-refractivity contribution in [1.82, 2.24) is 9.88 Å². The van der Waals surface area contributed by atoms with Crippen LogP contribution in [0.5, 0.6) is 0 Å². The zero-order valence-corrected chi connectivity index (χ0v) is 10.4. The molecule has 1 amide bonds. The molecule has 2 heterocycles. The van der Waals surface area contributed by atoms with E-state index >= 15 is 0 Å². The number of amides is 1. The second-order valence-corrected chi connectivity index (χ2v) is 4.71. The lowest BCUT2D eigenvalue weighted by Crippen LogP contribution is -2.40. The monoisotopic (exact) mass is 249 g/mol. The summed E-state index contributed by atoms with van der Waals surface area (Å²) in [6.45, 7) is 1.64. The van der Waals surface area contributed by atoms with Crippen LogP contribution in [0.2, 0.25) is 0 Å². The summed E-state index contributed by atoms with van der Waals surface area (Å²) in [4.78, 5) is 18.1. The molecule has 0 bridgehead atoms. The van der Waals surface area contributed by atoms with Gasteiger partial charge in [0.25, 0.3) is 5.91 Å². The Morgan fingerprint density at radius 1 is 1.61 bits per heavy atom. The molecular formula is C13H19N3O2. The fourth-order valence-electron chi connectivity index (χ4n) is 2.44. The van der Waals surface area contributed by atoms with Crippen LogP contribution >= 0.6 is 0 Å². The van der Waals surface area contributed by atoms with Crippen LogP contribution in [0.4, 0.5) is 5.82 Å². The van der Waals surface area contributed by atoms with Gasteiger partial charge < -0.3 is 15.7 Å². The third-order valence-electron chi connectivity index (χ3n) is 3.41. The third kappa shape index (κ3) is 2.79. The number of aromatic nitrogens is 1. The van der Waals surface area contributed by atoms with E-state index in [1.165, 1.54) is 0 Å². The molecule has 98 valence electrons. The number of carbonyl (C=O) groups excluding carboxylic acids is 1. The highest BCUT2D eigenvalue weighted by molar-refractivity contribution is 5.98. The van der Waals surface area contributed by atoms with Gasteiger partial charge in [0.1, 0.15) is 5.82 Å². The molecule has 0 aliphatic carbocycles. The van der Waals surface area contributed by atoms with E-state index in [9.17, 15) is 4.79 Å². The molecular weight excluding hydrogens is 230 g/mol. The zero-order valence-electron chi connectivity index (χ0n) is 10.4. The number of hydrogen-bond acceptors (Lipinski definition) is 4. The van der Waals surface area contributed by atoms with Crippen LogP contribution in [0.15, 0.2) is 18.3 Å². The lowest BCUT2D eigenvalue weighted by molar-refractivity contribution is 0.0654. The lowest BCUT2D eigenvalue weighted by atomic mass is 9.95. The van der Waals surface area contributed by atoms with Gasteiger partial charge in [-0.2, -0.15) is 0 Å². The van der Waals surface area contributed by atoms with Crippen molar-refractivity contribution in [2.45, 2.75) is 19.3 Å². The number of rotatable bonds is 3. The predicted octanol–water partition coefficient (Wildman–Crippen LogP) is 0.898. The minimum Gasteiger partial charge on any atom is -0.396 e. The second-order valence-electron chi connectivity index (χ2n) is 4.71. The van der Waals surface area contributed by atoms with E-state index in [4.69, 9.17) is 10.8 Å². The van der Waals surface area contributed by atoms with Crippen molar-refractivity contribution in [2.75, 3.05) is 25.4 Å². The molecule has 1 unspecified atom stereocenters. The summed E-state index contributed by atoms with van der Waals surface area (Å²) in [5.74, 6) is 0.626. The second kappa shape index (κ2) is 5.82. The van der Waals surface area contributed by atoms with Crippen LogP contribution in [0, 0.1) is 5.92 Å². The summed E-state index contributed by atoms with van der Waals surface area (Å²) < 4.78 is 0. The van der Waals surface area contributed by atoms with Crippen molar-refractivity contribution in [2.24, 2.45) is 5.92 Å². The smallest absolute Gasteiger partial charge is 0.257 e. The first-order valence-electron chi connectivity index (χ1n) is 6.33. The summed E-state index contributed by atoms with van der Waals surface area (Å²) in [6.07, 6.45) is 4.40. The largest absolute Gasteiger partial charge is 0.396 e. The molecule has 0 spiro atoms. The summed E-state index contributed by atoms with van der Waals surface area (Å²) in [7, 11) is 0. The van der Waals surface area contributed by atoms with E-state index in [1.807, 2.05) is 4.90 Å². The quantitative estimate of drug-likeness (QED) is 0.834. The van der Waals surface area contributed by atoms with Crippen molar-refractivity contribution in [1.29, 1.82) is 0 Å². The van der Waals surface area contributed by atoms with Crippen LogP contribution in [0.25, 0.3) is 0 Å². The van der Waals surface area contributed by atoms with Crippen molar-refractivity contribution in [3.8, 4) is 0 Å². The van der Waals surface area contributed by atoms with Gasteiger partial charge in [0.15, 0.2) is 0 Å². The number of nitrogens with two attached hydrogens (primary N) is 1. The number of piperidine rings is 1. The van der Waals surface area contributed by atoms with Gasteiger partial charge in [-0.1, -0.05) is 0 Å². The van der Waals surface area contributed by atoms with Crippen LogP contribution in [0.3, 0.4) is 0 Å². The normalized spacial score (nSPS) is 19.8. The summed E-state index contributed by atoms with van der Waals surface area (Å²) >= 11 is 0. The van der Waals surface area contributed by atoms with Gasteiger partial charge in [-0.3, -0.25) is 4.79 Å². The van der Waals surface area contributed by atoms with Crippen LogP contribution in [-0.2, 0) is 0 Å². The maximum absolute atomic E-state index is 12.3. The molecule has 1 aromatic heterocycles. The molecule has 5 heteroatoms. The number of hydrogen-bond donors (Lipinski definition) is 2. The maximum atomic E-state index is 12.3. The number of anilines is 1. The number of pyridine rings is 1. The number of aliphatic hydroxyl groups is 1. The van der Waals surface area contributed by atoms with Crippen molar-refractivity contribution in [3.63, 3.8) is 0 Å². The van der Waals surface area contributed by atoms with Crippen molar-refractivity contribution < 1.29 is 9.90 Å². The Labute approximate surface area is 107 Å². The van der Waals surface area contributed by atoms with E-state index in [2.05, 4.69) is 4.98 Å². The van der Waals surface area contributed by atoms with Gasteiger partial charge in [0, 0.05) is 25.9 Å². The average Bonchev–Trinajstić information content (AvgIpc) is 2.39. The molecule has 18 heavy (non-hydrogen) atoms. The molecule has 1 saturated heterocycles. The number of nitrogens with zero attached hydrogens (tertiary/aromatic N) is 2. The summed E-state index contributed by atoms with van der Waals surface area (Å²) in [5, 5.41) is 8.97. The van der Waals surface area contributed by atoms with Crippen LogP contribution in [0.1, 0.15) is 29.6 Å². The minimum atomic E-state index is -0.0526. The van der Waals surface area contributed by atoms with Crippen molar-refractivity contribution in [3.05, 3.63) is 23.9 Å².